The SMILES string of the molecule is COCCN[C@H]1CC[C@H](c2cnc(N)c3c(-c4cc(F)c(NS(=O)(=O)c5ccc(F)cc5)cc4F)nn(C(C)C)c32)CC1. The first kappa shape index (κ1) is 30.8. The monoisotopic (exact) mass is 616 g/mol. The van der Waals surface area contributed by atoms with Crippen molar-refractivity contribution in [1.29, 1.82) is 0 Å². The number of ether oxygens (including phenoxy) is 1. The van der Waals surface area contributed by atoms with E-state index in [4.69, 9.17) is 15.6 Å². The number of nitrogen functional groups attached to an aromatic ring is 1. The van der Waals surface area contributed by atoms with E-state index in [2.05, 4.69) is 10.3 Å². The predicted octanol–water partition coefficient (Wildman–Crippen LogP) is 5.74. The molecular weight excluding hydrogens is 581 g/mol. The maximum atomic E-state index is 15.7. The van der Waals surface area contributed by atoms with E-state index in [0.29, 0.717) is 18.0 Å². The van der Waals surface area contributed by atoms with Gasteiger partial charge >= 0.3 is 0 Å². The van der Waals surface area contributed by atoms with Gasteiger partial charge < -0.3 is 15.8 Å². The summed E-state index contributed by atoms with van der Waals surface area (Å²) in [7, 11) is -2.63. The topological polar surface area (TPSA) is 124 Å². The summed E-state index contributed by atoms with van der Waals surface area (Å²) in [5.74, 6) is -2.23. The molecule has 0 saturated heterocycles. The Balaban J connectivity index is 1.51. The van der Waals surface area contributed by atoms with E-state index in [1.807, 2.05) is 18.6 Å². The number of nitrogens with one attached hydrogen (secondary N) is 2. The van der Waals surface area contributed by atoms with Gasteiger partial charge in [0.25, 0.3) is 10.0 Å². The van der Waals surface area contributed by atoms with Crippen LogP contribution in [0.3, 0.4) is 0 Å². The van der Waals surface area contributed by atoms with Crippen LogP contribution in [0.2, 0.25) is 0 Å². The quantitative estimate of drug-likeness (QED) is 0.194. The molecule has 2 aromatic carbocycles. The van der Waals surface area contributed by atoms with E-state index in [0.717, 1.165) is 79.7 Å². The zero-order valence-electron chi connectivity index (χ0n) is 24.2. The van der Waals surface area contributed by atoms with Crippen molar-refractivity contribution in [2.24, 2.45) is 0 Å². The van der Waals surface area contributed by atoms with Gasteiger partial charge in [0.15, 0.2) is 0 Å². The largest absolute Gasteiger partial charge is 0.383 e. The maximum absolute atomic E-state index is 15.7. The number of methoxy groups -OCH3 is 1. The molecule has 43 heavy (non-hydrogen) atoms. The van der Waals surface area contributed by atoms with Gasteiger partial charge in [0.1, 0.15) is 29.0 Å². The van der Waals surface area contributed by atoms with Crippen LogP contribution >= 0.6 is 0 Å². The highest BCUT2D eigenvalue weighted by Gasteiger charge is 2.29. The Bertz CT molecular complexity index is 1720. The van der Waals surface area contributed by atoms with Crippen LogP contribution in [0.5, 0.6) is 0 Å². The van der Waals surface area contributed by atoms with Crippen LogP contribution in [-0.4, -0.2) is 49.5 Å². The van der Waals surface area contributed by atoms with Gasteiger partial charge in [-0.3, -0.25) is 9.40 Å². The number of halogens is 3. The summed E-state index contributed by atoms with van der Waals surface area (Å²) in [6.07, 6.45) is 5.53. The van der Waals surface area contributed by atoms with Crippen LogP contribution in [0, 0.1) is 17.5 Å². The Hall–Kier alpha value is -3.68. The molecule has 4 N–H and O–H groups in total. The molecule has 1 aliphatic carbocycles. The molecule has 4 aromatic rings. The predicted molar refractivity (Wildman–Crippen MR) is 160 cm³/mol. The zero-order valence-corrected chi connectivity index (χ0v) is 25.0. The van der Waals surface area contributed by atoms with Crippen molar-refractivity contribution in [3.05, 3.63) is 65.6 Å². The molecule has 0 radical (unpaired) electrons. The second-order valence-corrected chi connectivity index (χ2v) is 12.8. The van der Waals surface area contributed by atoms with Gasteiger partial charge in [-0.2, -0.15) is 5.10 Å². The molecule has 2 aromatic heterocycles. The average Bonchev–Trinajstić information content (AvgIpc) is 3.37. The van der Waals surface area contributed by atoms with E-state index in [1.54, 1.807) is 18.0 Å². The third kappa shape index (κ3) is 6.34. The fraction of sp³-hybridized carbons (Fsp3) is 0.400. The van der Waals surface area contributed by atoms with Gasteiger partial charge in [0.2, 0.25) is 0 Å². The molecule has 1 saturated carbocycles. The smallest absolute Gasteiger partial charge is 0.261 e. The minimum atomic E-state index is -4.31. The molecule has 0 spiro atoms. The van der Waals surface area contributed by atoms with E-state index < -0.39 is 33.2 Å². The Labute approximate surface area is 248 Å². The number of nitrogens with zero attached hydrogens (tertiary/aromatic N) is 3. The first-order chi connectivity index (χ1) is 20.5. The first-order valence-corrected chi connectivity index (χ1v) is 15.6. The van der Waals surface area contributed by atoms with Crippen molar-refractivity contribution in [2.75, 3.05) is 30.7 Å². The number of hydrogen-bond donors (Lipinski definition) is 3. The van der Waals surface area contributed by atoms with Gasteiger partial charge in [-0.25, -0.2) is 26.6 Å². The fourth-order valence-electron chi connectivity index (χ4n) is 5.68. The molecule has 13 heteroatoms. The number of anilines is 2. The van der Waals surface area contributed by atoms with Crippen LogP contribution in [0.1, 0.15) is 57.1 Å². The molecule has 230 valence electrons. The Kier molecular flexibility index (Phi) is 8.95. The summed E-state index contributed by atoms with van der Waals surface area (Å²) in [5, 5.41) is 8.64. The summed E-state index contributed by atoms with van der Waals surface area (Å²) >= 11 is 0. The Morgan fingerprint density at radius 3 is 2.42 bits per heavy atom. The van der Waals surface area contributed by atoms with Crippen molar-refractivity contribution < 1.29 is 26.3 Å². The van der Waals surface area contributed by atoms with Crippen LogP contribution < -0.4 is 15.8 Å². The molecular formula is C30H35F3N6O3S. The van der Waals surface area contributed by atoms with E-state index in [9.17, 15) is 12.8 Å². The molecule has 0 amide bonds. The van der Waals surface area contributed by atoms with Crippen LogP contribution in [0.25, 0.3) is 22.2 Å². The number of nitrogens with two attached hydrogens (primary N) is 1. The van der Waals surface area contributed by atoms with E-state index in [-0.39, 0.29) is 33.9 Å². The molecule has 2 heterocycles. The summed E-state index contributed by atoms with van der Waals surface area (Å²) in [4.78, 5) is 4.14. The van der Waals surface area contributed by atoms with E-state index >= 15 is 8.78 Å². The minimum Gasteiger partial charge on any atom is -0.383 e. The summed E-state index contributed by atoms with van der Waals surface area (Å²) in [6, 6.07) is 5.91. The first-order valence-electron chi connectivity index (χ1n) is 14.2. The summed E-state index contributed by atoms with van der Waals surface area (Å²) in [5.41, 5.74) is 7.38. The lowest BCUT2D eigenvalue weighted by Crippen LogP contribution is -2.34. The number of rotatable bonds is 10. The third-order valence-corrected chi connectivity index (χ3v) is 9.24. The highest BCUT2D eigenvalue weighted by Crippen LogP contribution is 2.42. The molecule has 0 unspecified atom stereocenters. The minimum absolute atomic E-state index is 0.120. The number of hydrogen-bond acceptors (Lipinski definition) is 7. The number of sulfonamides is 1. The molecule has 5 rings (SSSR count). The Morgan fingerprint density at radius 2 is 1.77 bits per heavy atom. The van der Waals surface area contributed by atoms with Gasteiger partial charge in [0, 0.05) is 43.6 Å². The van der Waals surface area contributed by atoms with Crippen molar-refractivity contribution >= 4 is 32.4 Å². The highest BCUT2D eigenvalue weighted by molar-refractivity contribution is 7.92. The molecule has 0 aliphatic heterocycles. The second-order valence-electron chi connectivity index (χ2n) is 11.1. The van der Waals surface area contributed by atoms with Gasteiger partial charge in [-0.15, -0.1) is 0 Å². The molecule has 9 nitrogen and oxygen atoms in total. The summed E-state index contributed by atoms with van der Waals surface area (Å²) in [6.45, 7) is 5.32. The van der Waals surface area contributed by atoms with Crippen LogP contribution in [-0.2, 0) is 14.8 Å². The van der Waals surface area contributed by atoms with Crippen molar-refractivity contribution in [1.82, 2.24) is 20.1 Å². The van der Waals surface area contributed by atoms with Gasteiger partial charge in [0.05, 0.1) is 28.1 Å². The third-order valence-electron chi connectivity index (χ3n) is 7.86. The highest BCUT2D eigenvalue weighted by atomic mass is 32.2. The molecule has 1 aliphatic rings. The number of aromatic nitrogens is 3. The lowest BCUT2D eigenvalue weighted by molar-refractivity contribution is 0.191. The van der Waals surface area contributed by atoms with Crippen LogP contribution in [0.15, 0.2) is 47.5 Å². The van der Waals surface area contributed by atoms with E-state index in [1.165, 1.54) is 0 Å². The van der Waals surface area contributed by atoms with Crippen molar-refractivity contribution in [3.8, 4) is 11.3 Å². The number of pyridine rings is 1. The average molecular weight is 617 g/mol. The lowest BCUT2D eigenvalue weighted by Gasteiger charge is -2.30. The summed E-state index contributed by atoms with van der Waals surface area (Å²) < 4.78 is 78.7. The van der Waals surface area contributed by atoms with Crippen LogP contribution in [0.4, 0.5) is 24.7 Å². The standard InChI is InChI=1S/C30H35F3N6O3S/c1-17(2)39-29-23(18-4-8-20(9-5-18)35-12-13-42-3)16-36-30(34)27(29)28(37-39)22-14-25(33)26(15-24(22)32)38-43(40,41)21-10-6-19(31)7-11-21/h6-7,10-11,14-18,20,35,38H,4-5,8-9,12-13H2,1-3H3,(H2,34,36)/t18-,20-. The molecule has 1 fully saturated rings. The van der Waals surface area contributed by atoms with Gasteiger partial charge in [-0.1, -0.05) is 0 Å². The zero-order chi connectivity index (χ0) is 30.9. The second kappa shape index (κ2) is 12.5. The molecule has 0 bridgehead atoms. The van der Waals surface area contributed by atoms with Crippen molar-refractivity contribution in [2.45, 2.75) is 62.4 Å². The lowest BCUT2D eigenvalue weighted by atomic mass is 9.81. The fourth-order valence-corrected chi connectivity index (χ4v) is 6.74. The maximum Gasteiger partial charge on any atom is 0.261 e. The van der Waals surface area contributed by atoms with Crippen molar-refractivity contribution in [3.63, 3.8) is 0 Å². The Morgan fingerprint density at radius 1 is 1.07 bits per heavy atom. The normalized spacial score (nSPS) is 17.6. The number of benzene rings is 2. The van der Waals surface area contributed by atoms with Gasteiger partial charge in [-0.05, 0) is 81.3 Å². The molecule has 0 atom stereocenters. The number of fused-ring (bicyclic) bond motifs is 1.